The van der Waals surface area contributed by atoms with Crippen molar-refractivity contribution in [2.24, 2.45) is 5.10 Å². The van der Waals surface area contributed by atoms with Crippen LogP contribution in [0.3, 0.4) is 0 Å². The average Bonchev–Trinajstić information content (AvgIpc) is 3.08. The van der Waals surface area contributed by atoms with Crippen molar-refractivity contribution in [1.82, 2.24) is 5.43 Å². The van der Waals surface area contributed by atoms with Gasteiger partial charge in [-0.05, 0) is 67.6 Å². The molecule has 0 unspecified atom stereocenters. The van der Waals surface area contributed by atoms with Crippen molar-refractivity contribution in [2.75, 3.05) is 5.32 Å². The third kappa shape index (κ3) is 4.88. The number of nitrogens with one attached hydrogen (secondary N) is 2. The average molecular weight is 365 g/mol. The summed E-state index contributed by atoms with van der Waals surface area (Å²) < 4.78 is 18.2. The van der Waals surface area contributed by atoms with E-state index in [1.54, 1.807) is 36.4 Å². The maximum absolute atomic E-state index is 12.9. The quantitative estimate of drug-likeness (QED) is 0.534. The first-order chi connectivity index (χ1) is 13.0. The summed E-state index contributed by atoms with van der Waals surface area (Å²) in [5.74, 6) is 0.107. The van der Waals surface area contributed by atoms with Crippen LogP contribution in [0.2, 0.25) is 0 Å². The zero-order valence-corrected chi connectivity index (χ0v) is 14.4. The number of carbonyl (C=O) groups is 2. The van der Waals surface area contributed by atoms with E-state index in [1.807, 2.05) is 6.92 Å². The monoisotopic (exact) mass is 365 g/mol. The number of hydrazone groups is 1. The normalized spacial score (nSPS) is 10.7. The lowest BCUT2D eigenvalue weighted by Gasteiger charge is -2.06. The zero-order chi connectivity index (χ0) is 19.2. The minimum absolute atomic E-state index is 0.334. The van der Waals surface area contributed by atoms with Crippen molar-refractivity contribution in [3.05, 3.63) is 89.1 Å². The van der Waals surface area contributed by atoms with Gasteiger partial charge in [0.2, 0.25) is 0 Å². The summed E-state index contributed by atoms with van der Waals surface area (Å²) in [4.78, 5) is 24.1. The van der Waals surface area contributed by atoms with Gasteiger partial charge in [-0.25, -0.2) is 9.82 Å². The Kier molecular flexibility index (Phi) is 5.41. The summed E-state index contributed by atoms with van der Waals surface area (Å²) >= 11 is 0. The molecule has 136 valence electrons. The summed E-state index contributed by atoms with van der Waals surface area (Å²) in [7, 11) is 0. The van der Waals surface area contributed by atoms with Gasteiger partial charge in [-0.15, -0.1) is 0 Å². The van der Waals surface area contributed by atoms with E-state index in [4.69, 9.17) is 4.42 Å². The zero-order valence-electron chi connectivity index (χ0n) is 14.4. The second-order valence-electron chi connectivity index (χ2n) is 5.69. The third-order valence-electron chi connectivity index (χ3n) is 3.63. The van der Waals surface area contributed by atoms with E-state index >= 15 is 0 Å². The van der Waals surface area contributed by atoms with E-state index in [0.29, 0.717) is 22.6 Å². The number of benzene rings is 2. The van der Waals surface area contributed by atoms with Crippen LogP contribution in [0.1, 0.15) is 32.2 Å². The molecule has 0 aliphatic rings. The highest BCUT2D eigenvalue weighted by atomic mass is 19.1. The van der Waals surface area contributed by atoms with Gasteiger partial charge in [-0.3, -0.25) is 9.59 Å². The van der Waals surface area contributed by atoms with Crippen molar-refractivity contribution in [2.45, 2.75) is 6.92 Å². The first-order valence-electron chi connectivity index (χ1n) is 8.08. The summed E-state index contributed by atoms with van der Waals surface area (Å²) in [6.07, 6.45) is 1.40. The standard InChI is InChI=1S/C20H16FN3O3/c1-13-2-11-18(27-13)12-22-24-20(26)15-5-9-17(10-6-15)23-19(25)14-3-7-16(21)8-4-14/h2-12H,1H3,(H,23,25)(H,24,26)/b22-12+. The molecule has 3 rings (SSSR count). The van der Waals surface area contributed by atoms with Gasteiger partial charge in [0.25, 0.3) is 11.8 Å². The molecular weight excluding hydrogens is 349 g/mol. The van der Waals surface area contributed by atoms with Crippen molar-refractivity contribution in [3.8, 4) is 0 Å². The first-order valence-corrected chi connectivity index (χ1v) is 8.08. The molecule has 0 spiro atoms. The second kappa shape index (κ2) is 8.09. The van der Waals surface area contributed by atoms with Crippen LogP contribution in [0.25, 0.3) is 0 Å². The van der Waals surface area contributed by atoms with E-state index in [0.717, 1.165) is 5.76 Å². The summed E-state index contributed by atoms with van der Waals surface area (Å²) in [6.45, 7) is 1.81. The Morgan fingerprint density at radius 2 is 1.56 bits per heavy atom. The molecule has 0 saturated heterocycles. The number of nitrogens with zero attached hydrogens (tertiary/aromatic N) is 1. The Labute approximate surface area is 154 Å². The van der Waals surface area contributed by atoms with E-state index in [2.05, 4.69) is 15.8 Å². The number of carbonyl (C=O) groups excluding carboxylic acids is 2. The Morgan fingerprint density at radius 1 is 0.926 bits per heavy atom. The van der Waals surface area contributed by atoms with Gasteiger partial charge in [0.1, 0.15) is 17.3 Å². The number of rotatable bonds is 5. The Morgan fingerprint density at radius 3 is 2.19 bits per heavy atom. The van der Waals surface area contributed by atoms with E-state index in [-0.39, 0.29) is 5.91 Å². The fourth-order valence-corrected chi connectivity index (χ4v) is 2.25. The minimum atomic E-state index is -0.410. The number of hydrogen-bond acceptors (Lipinski definition) is 4. The Bertz CT molecular complexity index is 976. The van der Waals surface area contributed by atoms with Crippen LogP contribution in [0.15, 0.2) is 70.2 Å². The van der Waals surface area contributed by atoms with Crippen LogP contribution in [0.5, 0.6) is 0 Å². The van der Waals surface area contributed by atoms with Gasteiger partial charge in [0, 0.05) is 16.8 Å². The molecular formula is C20H16FN3O3. The Balaban J connectivity index is 1.57. The maximum atomic E-state index is 12.9. The number of amides is 2. The largest absolute Gasteiger partial charge is 0.460 e. The molecule has 27 heavy (non-hydrogen) atoms. The number of aryl methyl sites for hydroxylation is 1. The van der Waals surface area contributed by atoms with Crippen molar-refractivity contribution in [3.63, 3.8) is 0 Å². The van der Waals surface area contributed by atoms with Gasteiger partial charge >= 0.3 is 0 Å². The topological polar surface area (TPSA) is 83.7 Å². The SMILES string of the molecule is Cc1ccc(/C=N/NC(=O)c2ccc(NC(=O)c3ccc(F)cc3)cc2)o1. The second-order valence-corrected chi connectivity index (χ2v) is 5.69. The van der Waals surface area contributed by atoms with Gasteiger partial charge in [-0.1, -0.05) is 0 Å². The lowest BCUT2D eigenvalue weighted by Crippen LogP contribution is -2.17. The molecule has 1 heterocycles. The van der Waals surface area contributed by atoms with Crippen LogP contribution in [0.4, 0.5) is 10.1 Å². The predicted molar refractivity (Wildman–Crippen MR) is 99.3 cm³/mol. The molecule has 0 aliphatic heterocycles. The van der Waals surface area contributed by atoms with Gasteiger partial charge < -0.3 is 9.73 Å². The lowest BCUT2D eigenvalue weighted by molar-refractivity contribution is 0.0954. The van der Waals surface area contributed by atoms with Crippen LogP contribution in [-0.2, 0) is 0 Å². The van der Waals surface area contributed by atoms with Crippen molar-refractivity contribution in [1.29, 1.82) is 0 Å². The fourth-order valence-electron chi connectivity index (χ4n) is 2.25. The van der Waals surface area contributed by atoms with Crippen LogP contribution in [0, 0.1) is 12.7 Å². The molecule has 2 N–H and O–H groups in total. The highest BCUT2D eigenvalue weighted by molar-refractivity contribution is 6.04. The summed E-state index contributed by atoms with van der Waals surface area (Å²) in [5.41, 5.74) is 3.62. The van der Waals surface area contributed by atoms with E-state index < -0.39 is 11.7 Å². The molecule has 6 nitrogen and oxygen atoms in total. The van der Waals surface area contributed by atoms with Gasteiger partial charge in [0.05, 0.1) is 6.21 Å². The van der Waals surface area contributed by atoms with E-state index in [9.17, 15) is 14.0 Å². The predicted octanol–water partition coefficient (Wildman–Crippen LogP) is 3.74. The highest BCUT2D eigenvalue weighted by Gasteiger charge is 2.08. The number of halogens is 1. The fraction of sp³-hybridized carbons (Fsp3) is 0.0500. The number of anilines is 1. The molecule has 3 aromatic rings. The molecule has 0 bridgehead atoms. The molecule has 2 amide bonds. The Hall–Kier alpha value is -3.74. The first kappa shape index (κ1) is 18.1. The third-order valence-corrected chi connectivity index (χ3v) is 3.63. The molecule has 0 radical (unpaired) electrons. The van der Waals surface area contributed by atoms with Crippen molar-refractivity contribution < 1.29 is 18.4 Å². The summed E-state index contributed by atoms with van der Waals surface area (Å²) in [5, 5.41) is 6.51. The molecule has 1 aromatic heterocycles. The molecule has 7 heteroatoms. The van der Waals surface area contributed by atoms with Gasteiger partial charge in [-0.2, -0.15) is 5.10 Å². The number of hydrogen-bond donors (Lipinski definition) is 2. The molecule has 2 aromatic carbocycles. The van der Waals surface area contributed by atoms with E-state index in [1.165, 1.54) is 30.5 Å². The lowest BCUT2D eigenvalue weighted by atomic mass is 10.1. The van der Waals surface area contributed by atoms with Gasteiger partial charge in [0.15, 0.2) is 0 Å². The smallest absolute Gasteiger partial charge is 0.271 e. The minimum Gasteiger partial charge on any atom is -0.460 e. The highest BCUT2D eigenvalue weighted by Crippen LogP contribution is 2.12. The molecule has 0 saturated carbocycles. The van der Waals surface area contributed by atoms with Crippen LogP contribution < -0.4 is 10.7 Å². The molecule has 0 fully saturated rings. The maximum Gasteiger partial charge on any atom is 0.271 e. The van der Waals surface area contributed by atoms with Crippen LogP contribution in [-0.4, -0.2) is 18.0 Å². The van der Waals surface area contributed by atoms with Crippen LogP contribution >= 0.6 is 0 Å². The van der Waals surface area contributed by atoms with Crippen molar-refractivity contribution >= 4 is 23.7 Å². The summed E-state index contributed by atoms with van der Waals surface area (Å²) in [6, 6.07) is 15.1. The number of furan rings is 1. The molecule has 0 aliphatic carbocycles. The molecule has 0 atom stereocenters.